The molecule has 0 aliphatic heterocycles. The second kappa shape index (κ2) is 45.4. The van der Waals surface area contributed by atoms with Crippen molar-refractivity contribution < 1.29 is 28.6 Å². The van der Waals surface area contributed by atoms with E-state index < -0.39 is 6.10 Å². The standard InChI is InChI=1S/C54H104O6/c1-7-49(5)41-35-29-23-17-14-15-19-26-32-38-44-53(56)59-47-51(60-54(57)45-39-33-27-21-20-24-30-36-42-50(6)8-2)46-58-52(55)43-37-31-25-18-13-11-9-10-12-16-22-28-34-40-48(3)4/h48-51H,7-47H2,1-6H3/t49?,50?,51-/m1/s1. The van der Waals surface area contributed by atoms with Crippen LogP contribution in [0.4, 0.5) is 0 Å². The Morgan fingerprint density at radius 1 is 0.333 bits per heavy atom. The van der Waals surface area contributed by atoms with Crippen molar-refractivity contribution in [2.75, 3.05) is 13.2 Å². The highest BCUT2D eigenvalue weighted by atomic mass is 16.6. The number of hydrogen-bond donors (Lipinski definition) is 0. The molecule has 0 bridgehead atoms. The Morgan fingerprint density at radius 3 is 0.867 bits per heavy atom. The molecule has 3 atom stereocenters. The van der Waals surface area contributed by atoms with Crippen molar-refractivity contribution >= 4 is 17.9 Å². The molecule has 2 unspecified atom stereocenters. The van der Waals surface area contributed by atoms with Crippen LogP contribution < -0.4 is 0 Å². The number of rotatable bonds is 47. The van der Waals surface area contributed by atoms with Crippen LogP contribution in [0.2, 0.25) is 0 Å². The number of esters is 3. The maximum Gasteiger partial charge on any atom is 0.306 e. The van der Waals surface area contributed by atoms with E-state index in [1.807, 2.05) is 0 Å². The van der Waals surface area contributed by atoms with Crippen LogP contribution in [-0.4, -0.2) is 37.2 Å². The SMILES string of the molecule is CCC(C)CCCCCCCCCCCCC(=O)OC[C@@H](COC(=O)CCCCCCCCCCCCCCCC(C)C)OC(=O)CCCCCCCCCCC(C)CC. The fourth-order valence-corrected chi connectivity index (χ4v) is 8.05. The molecule has 356 valence electrons. The molecule has 0 fully saturated rings. The zero-order valence-electron chi connectivity index (χ0n) is 41.3. The Labute approximate surface area is 374 Å². The van der Waals surface area contributed by atoms with Gasteiger partial charge in [0.1, 0.15) is 13.2 Å². The highest BCUT2D eigenvalue weighted by Gasteiger charge is 2.19. The number of carbonyl (C=O) groups excluding carboxylic acids is 3. The van der Waals surface area contributed by atoms with E-state index in [-0.39, 0.29) is 31.1 Å². The predicted octanol–water partition coefficient (Wildman–Crippen LogP) is 17.2. The summed E-state index contributed by atoms with van der Waals surface area (Å²) in [5.74, 6) is 1.70. The monoisotopic (exact) mass is 849 g/mol. The summed E-state index contributed by atoms with van der Waals surface area (Å²) in [6.07, 6.45) is 45.0. The Hall–Kier alpha value is -1.59. The van der Waals surface area contributed by atoms with Crippen molar-refractivity contribution in [2.45, 2.75) is 298 Å². The molecule has 0 aromatic carbocycles. The van der Waals surface area contributed by atoms with Gasteiger partial charge >= 0.3 is 17.9 Å². The van der Waals surface area contributed by atoms with Crippen molar-refractivity contribution in [1.82, 2.24) is 0 Å². The van der Waals surface area contributed by atoms with E-state index in [2.05, 4.69) is 41.5 Å². The van der Waals surface area contributed by atoms with E-state index >= 15 is 0 Å². The number of carbonyl (C=O) groups is 3. The average Bonchev–Trinajstić information content (AvgIpc) is 3.23. The summed E-state index contributed by atoms with van der Waals surface area (Å²) in [6, 6.07) is 0. The van der Waals surface area contributed by atoms with Gasteiger partial charge in [0.2, 0.25) is 0 Å². The van der Waals surface area contributed by atoms with Crippen molar-refractivity contribution in [3.05, 3.63) is 0 Å². The van der Waals surface area contributed by atoms with E-state index in [0.29, 0.717) is 19.3 Å². The molecule has 0 heterocycles. The van der Waals surface area contributed by atoms with Gasteiger partial charge in [-0.05, 0) is 37.0 Å². The summed E-state index contributed by atoms with van der Waals surface area (Å²) in [5.41, 5.74) is 0. The molecular weight excluding hydrogens is 745 g/mol. The lowest BCUT2D eigenvalue weighted by atomic mass is 9.99. The van der Waals surface area contributed by atoms with Gasteiger partial charge in [-0.2, -0.15) is 0 Å². The summed E-state index contributed by atoms with van der Waals surface area (Å²) in [4.78, 5) is 38.0. The van der Waals surface area contributed by atoms with E-state index in [0.717, 1.165) is 75.5 Å². The minimum absolute atomic E-state index is 0.0648. The number of hydrogen-bond acceptors (Lipinski definition) is 6. The first-order valence-electron chi connectivity index (χ1n) is 26.7. The van der Waals surface area contributed by atoms with Crippen molar-refractivity contribution in [1.29, 1.82) is 0 Å². The Bertz CT molecular complexity index is 933. The number of ether oxygens (including phenoxy) is 3. The number of unbranched alkanes of at least 4 members (excludes halogenated alkanes) is 28. The van der Waals surface area contributed by atoms with Gasteiger partial charge in [0.25, 0.3) is 0 Å². The fourth-order valence-electron chi connectivity index (χ4n) is 8.05. The van der Waals surface area contributed by atoms with Gasteiger partial charge in [0.05, 0.1) is 0 Å². The molecule has 60 heavy (non-hydrogen) atoms. The van der Waals surface area contributed by atoms with Gasteiger partial charge in [-0.1, -0.05) is 253 Å². The van der Waals surface area contributed by atoms with Gasteiger partial charge in [0.15, 0.2) is 6.10 Å². The molecule has 0 saturated carbocycles. The molecular formula is C54H104O6. The largest absolute Gasteiger partial charge is 0.462 e. The lowest BCUT2D eigenvalue weighted by molar-refractivity contribution is -0.167. The molecule has 0 aliphatic carbocycles. The summed E-state index contributed by atoms with van der Waals surface area (Å²) in [5, 5.41) is 0. The van der Waals surface area contributed by atoms with Crippen LogP contribution in [0, 0.1) is 17.8 Å². The minimum Gasteiger partial charge on any atom is -0.462 e. The van der Waals surface area contributed by atoms with Crippen LogP contribution in [-0.2, 0) is 28.6 Å². The highest BCUT2D eigenvalue weighted by molar-refractivity contribution is 5.71. The first-order valence-corrected chi connectivity index (χ1v) is 26.7. The molecule has 0 aliphatic rings. The fraction of sp³-hybridized carbons (Fsp3) is 0.944. The van der Waals surface area contributed by atoms with E-state index in [4.69, 9.17) is 14.2 Å². The zero-order chi connectivity index (χ0) is 44.2. The second-order valence-electron chi connectivity index (χ2n) is 19.5. The van der Waals surface area contributed by atoms with E-state index in [1.54, 1.807) is 0 Å². The lowest BCUT2D eigenvalue weighted by Crippen LogP contribution is -2.30. The third kappa shape index (κ3) is 44.5. The molecule has 0 amide bonds. The van der Waals surface area contributed by atoms with Crippen LogP contribution in [0.5, 0.6) is 0 Å². The maximum absolute atomic E-state index is 12.8. The smallest absolute Gasteiger partial charge is 0.306 e. The highest BCUT2D eigenvalue weighted by Crippen LogP contribution is 2.18. The van der Waals surface area contributed by atoms with E-state index in [1.165, 1.54) is 173 Å². The second-order valence-corrected chi connectivity index (χ2v) is 19.5. The first kappa shape index (κ1) is 58.4. The molecule has 0 N–H and O–H groups in total. The lowest BCUT2D eigenvalue weighted by Gasteiger charge is -2.18. The Morgan fingerprint density at radius 2 is 0.583 bits per heavy atom. The average molecular weight is 849 g/mol. The normalized spacial score (nSPS) is 13.1. The summed E-state index contributed by atoms with van der Waals surface area (Å²) in [6.45, 7) is 13.8. The first-order chi connectivity index (χ1) is 29.2. The molecule has 0 radical (unpaired) electrons. The van der Waals surface area contributed by atoms with Crippen molar-refractivity contribution in [3.8, 4) is 0 Å². The Balaban J connectivity index is 4.32. The minimum atomic E-state index is -0.763. The van der Waals surface area contributed by atoms with Crippen molar-refractivity contribution in [2.24, 2.45) is 17.8 Å². The third-order valence-electron chi connectivity index (χ3n) is 12.9. The molecule has 6 nitrogen and oxygen atoms in total. The predicted molar refractivity (Wildman–Crippen MR) is 256 cm³/mol. The third-order valence-corrected chi connectivity index (χ3v) is 12.9. The molecule has 0 aromatic rings. The van der Waals surface area contributed by atoms with Gasteiger partial charge in [0, 0.05) is 19.3 Å². The molecule has 6 heteroatoms. The molecule has 0 spiro atoms. The molecule has 0 aromatic heterocycles. The summed E-state index contributed by atoms with van der Waals surface area (Å²) < 4.78 is 16.8. The zero-order valence-corrected chi connectivity index (χ0v) is 41.3. The summed E-state index contributed by atoms with van der Waals surface area (Å²) >= 11 is 0. The van der Waals surface area contributed by atoms with Crippen LogP contribution in [0.15, 0.2) is 0 Å². The summed E-state index contributed by atoms with van der Waals surface area (Å²) in [7, 11) is 0. The Kier molecular flexibility index (Phi) is 44.2. The molecule has 0 saturated heterocycles. The van der Waals surface area contributed by atoms with Crippen LogP contribution >= 0.6 is 0 Å². The van der Waals surface area contributed by atoms with Gasteiger partial charge in [-0.3, -0.25) is 14.4 Å². The maximum atomic E-state index is 12.8. The van der Waals surface area contributed by atoms with Crippen LogP contribution in [0.1, 0.15) is 292 Å². The molecule has 0 rings (SSSR count). The quantitative estimate of drug-likeness (QED) is 0.0345. The van der Waals surface area contributed by atoms with Crippen LogP contribution in [0.3, 0.4) is 0 Å². The topological polar surface area (TPSA) is 78.9 Å². The van der Waals surface area contributed by atoms with Crippen LogP contribution in [0.25, 0.3) is 0 Å². The van der Waals surface area contributed by atoms with Gasteiger partial charge < -0.3 is 14.2 Å². The van der Waals surface area contributed by atoms with Crippen molar-refractivity contribution in [3.63, 3.8) is 0 Å². The van der Waals surface area contributed by atoms with Gasteiger partial charge in [-0.25, -0.2) is 0 Å². The van der Waals surface area contributed by atoms with E-state index in [9.17, 15) is 14.4 Å². The van der Waals surface area contributed by atoms with Gasteiger partial charge in [-0.15, -0.1) is 0 Å².